The smallest absolute Gasteiger partial charge is 0.346 e. The second-order valence-electron chi connectivity index (χ2n) is 5.88. The molecule has 0 unspecified atom stereocenters. The molecule has 0 atom stereocenters. The molecule has 2 aromatic carbocycles. The van der Waals surface area contributed by atoms with Crippen LogP contribution in [0.25, 0.3) is 21.6 Å². The van der Waals surface area contributed by atoms with Gasteiger partial charge >= 0.3 is 5.97 Å². The lowest BCUT2D eigenvalue weighted by Gasteiger charge is -2.08. The minimum absolute atomic E-state index is 0.0148. The van der Waals surface area contributed by atoms with E-state index in [-0.39, 0.29) is 15.3 Å². The van der Waals surface area contributed by atoms with Gasteiger partial charge in [0.1, 0.15) is 10.7 Å². The number of aliphatic hydroxyl groups is 1. The number of carboxylic acid groups (broad SMARTS) is 1. The highest BCUT2D eigenvalue weighted by Gasteiger charge is 2.24. The molecule has 0 radical (unpaired) electrons. The molecule has 0 fully saturated rings. The van der Waals surface area contributed by atoms with E-state index in [4.69, 9.17) is 0 Å². The van der Waals surface area contributed by atoms with Gasteiger partial charge in [-0.15, -0.1) is 11.3 Å². The Morgan fingerprint density at radius 3 is 2.07 bits per heavy atom. The Morgan fingerprint density at radius 1 is 1.04 bits per heavy atom. The molecule has 3 aromatic rings. The molecule has 0 bridgehead atoms. The van der Waals surface area contributed by atoms with Crippen molar-refractivity contribution in [1.29, 1.82) is 0 Å². The minimum atomic E-state index is -3.38. The van der Waals surface area contributed by atoms with Gasteiger partial charge in [0.2, 0.25) is 0 Å². The summed E-state index contributed by atoms with van der Waals surface area (Å²) in [5.74, 6) is -1.60. The molecule has 5 nitrogen and oxygen atoms in total. The van der Waals surface area contributed by atoms with E-state index in [1.807, 2.05) is 0 Å². The molecule has 0 aliphatic heterocycles. The van der Waals surface area contributed by atoms with Crippen molar-refractivity contribution in [2.45, 2.75) is 11.5 Å². The molecule has 0 aliphatic rings. The summed E-state index contributed by atoms with van der Waals surface area (Å²) in [6.45, 7) is -0.498. The van der Waals surface area contributed by atoms with Gasteiger partial charge in [0.05, 0.1) is 11.5 Å². The van der Waals surface area contributed by atoms with Crippen LogP contribution in [-0.2, 0) is 16.4 Å². The SMILES string of the molecule is CS(=O)(=O)c1ccc(-c2c(-c3ccc(F)cc3)sc(C(=O)O)c2CO)cc1. The Labute approximate surface area is 159 Å². The third kappa shape index (κ3) is 3.78. The van der Waals surface area contributed by atoms with E-state index in [1.165, 1.54) is 36.4 Å². The summed E-state index contributed by atoms with van der Waals surface area (Å²) in [5.41, 5.74) is 1.89. The Hall–Kier alpha value is -2.55. The zero-order chi connectivity index (χ0) is 19.8. The van der Waals surface area contributed by atoms with Crippen molar-refractivity contribution in [1.82, 2.24) is 0 Å². The van der Waals surface area contributed by atoms with Crippen LogP contribution in [0.15, 0.2) is 53.4 Å². The number of sulfone groups is 1. The van der Waals surface area contributed by atoms with Gasteiger partial charge in [-0.25, -0.2) is 17.6 Å². The lowest BCUT2D eigenvalue weighted by atomic mass is 9.97. The molecule has 0 amide bonds. The van der Waals surface area contributed by atoms with E-state index in [2.05, 4.69) is 0 Å². The molecule has 2 N–H and O–H groups in total. The number of aromatic carboxylic acids is 1. The highest BCUT2D eigenvalue weighted by Crippen LogP contribution is 2.43. The van der Waals surface area contributed by atoms with Crippen LogP contribution in [0.2, 0.25) is 0 Å². The van der Waals surface area contributed by atoms with E-state index in [0.29, 0.717) is 21.6 Å². The zero-order valence-electron chi connectivity index (χ0n) is 14.1. The van der Waals surface area contributed by atoms with E-state index < -0.39 is 28.2 Å². The largest absolute Gasteiger partial charge is 0.477 e. The van der Waals surface area contributed by atoms with Crippen molar-refractivity contribution in [2.75, 3.05) is 6.26 Å². The number of hydrogen-bond acceptors (Lipinski definition) is 5. The number of aliphatic hydroxyl groups excluding tert-OH is 1. The lowest BCUT2D eigenvalue weighted by Crippen LogP contribution is -1.99. The van der Waals surface area contributed by atoms with Gasteiger partial charge in [0.15, 0.2) is 9.84 Å². The molecule has 0 aliphatic carbocycles. The first kappa shape index (κ1) is 19.2. The maximum absolute atomic E-state index is 13.3. The normalized spacial score (nSPS) is 11.5. The van der Waals surface area contributed by atoms with Crippen molar-refractivity contribution in [3.8, 4) is 21.6 Å². The molecule has 1 heterocycles. The number of benzene rings is 2. The number of halogens is 1. The highest BCUT2D eigenvalue weighted by atomic mass is 32.2. The second-order valence-corrected chi connectivity index (χ2v) is 8.92. The van der Waals surface area contributed by atoms with Crippen LogP contribution >= 0.6 is 11.3 Å². The molecular formula is C19H15FO5S2. The Bertz CT molecular complexity index is 1100. The van der Waals surface area contributed by atoms with E-state index in [0.717, 1.165) is 17.6 Å². The Morgan fingerprint density at radius 2 is 1.59 bits per heavy atom. The molecule has 8 heteroatoms. The molecule has 0 saturated heterocycles. The fourth-order valence-electron chi connectivity index (χ4n) is 2.77. The Kier molecular flexibility index (Phi) is 5.14. The molecular weight excluding hydrogens is 391 g/mol. The summed E-state index contributed by atoms with van der Waals surface area (Å²) in [6, 6.07) is 11.6. The van der Waals surface area contributed by atoms with Gasteiger partial charge < -0.3 is 10.2 Å². The summed E-state index contributed by atoms with van der Waals surface area (Å²) < 4.78 is 36.6. The molecule has 1 aromatic heterocycles. The predicted molar refractivity (Wildman–Crippen MR) is 101 cm³/mol. The van der Waals surface area contributed by atoms with Crippen molar-refractivity contribution >= 4 is 27.1 Å². The Balaban J connectivity index is 2.26. The van der Waals surface area contributed by atoms with Crippen LogP contribution in [0.5, 0.6) is 0 Å². The molecule has 0 saturated carbocycles. The lowest BCUT2D eigenvalue weighted by molar-refractivity contribution is 0.0699. The van der Waals surface area contributed by atoms with Gasteiger partial charge in [-0.1, -0.05) is 24.3 Å². The summed E-state index contributed by atoms with van der Waals surface area (Å²) in [5, 5.41) is 19.3. The molecule has 27 heavy (non-hydrogen) atoms. The third-order valence-electron chi connectivity index (χ3n) is 4.04. The monoisotopic (exact) mass is 406 g/mol. The zero-order valence-corrected chi connectivity index (χ0v) is 15.8. The van der Waals surface area contributed by atoms with E-state index in [9.17, 15) is 27.8 Å². The first-order chi connectivity index (χ1) is 12.7. The summed E-state index contributed by atoms with van der Waals surface area (Å²) >= 11 is 0.982. The van der Waals surface area contributed by atoms with Gasteiger partial charge in [-0.2, -0.15) is 0 Å². The van der Waals surface area contributed by atoms with Gasteiger partial charge in [0.25, 0.3) is 0 Å². The maximum atomic E-state index is 13.3. The van der Waals surface area contributed by atoms with Crippen molar-refractivity contribution in [3.05, 3.63) is 64.8 Å². The van der Waals surface area contributed by atoms with Crippen LogP contribution < -0.4 is 0 Å². The van der Waals surface area contributed by atoms with Crippen LogP contribution in [0, 0.1) is 5.82 Å². The first-order valence-electron chi connectivity index (χ1n) is 7.78. The van der Waals surface area contributed by atoms with Crippen molar-refractivity contribution < 1.29 is 27.8 Å². The first-order valence-corrected chi connectivity index (χ1v) is 10.5. The van der Waals surface area contributed by atoms with E-state index in [1.54, 1.807) is 12.1 Å². The summed E-state index contributed by atoms with van der Waals surface area (Å²) in [6.07, 6.45) is 1.10. The van der Waals surface area contributed by atoms with Crippen LogP contribution in [0.4, 0.5) is 4.39 Å². The predicted octanol–water partition coefficient (Wildman–Crippen LogP) is 3.82. The van der Waals surface area contributed by atoms with Crippen molar-refractivity contribution in [3.63, 3.8) is 0 Å². The quantitative estimate of drug-likeness (QED) is 0.672. The fourth-order valence-corrected chi connectivity index (χ4v) is 4.58. The van der Waals surface area contributed by atoms with Gasteiger partial charge in [-0.3, -0.25) is 0 Å². The summed E-state index contributed by atoms with van der Waals surface area (Å²) in [7, 11) is -3.38. The average Bonchev–Trinajstić information content (AvgIpc) is 3.01. The maximum Gasteiger partial charge on any atom is 0.346 e. The standard InChI is InChI=1S/C19H15FO5S2/c1-27(24,25)14-8-4-11(5-9-14)16-15(10-21)18(19(22)23)26-17(16)12-2-6-13(20)7-3-12/h2-9,21H,10H2,1H3,(H,22,23). The van der Waals surface area contributed by atoms with Gasteiger partial charge in [0, 0.05) is 22.3 Å². The van der Waals surface area contributed by atoms with Crippen LogP contribution in [0.3, 0.4) is 0 Å². The number of hydrogen-bond donors (Lipinski definition) is 2. The average molecular weight is 406 g/mol. The third-order valence-corrected chi connectivity index (χ3v) is 6.43. The number of rotatable bonds is 5. The summed E-state index contributed by atoms with van der Waals surface area (Å²) in [4.78, 5) is 12.3. The fraction of sp³-hybridized carbons (Fsp3) is 0.105. The second kappa shape index (κ2) is 7.22. The van der Waals surface area contributed by atoms with Crippen LogP contribution in [-0.4, -0.2) is 30.9 Å². The molecule has 0 spiro atoms. The number of carbonyl (C=O) groups is 1. The molecule has 3 rings (SSSR count). The number of carboxylic acids is 1. The number of thiophene rings is 1. The molecule has 140 valence electrons. The minimum Gasteiger partial charge on any atom is -0.477 e. The van der Waals surface area contributed by atoms with E-state index >= 15 is 0 Å². The van der Waals surface area contributed by atoms with Crippen molar-refractivity contribution in [2.24, 2.45) is 0 Å². The van der Waals surface area contributed by atoms with Crippen LogP contribution in [0.1, 0.15) is 15.2 Å². The topological polar surface area (TPSA) is 91.7 Å². The van der Waals surface area contributed by atoms with Gasteiger partial charge in [-0.05, 0) is 35.4 Å². The highest BCUT2D eigenvalue weighted by molar-refractivity contribution is 7.90.